The summed E-state index contributed by atoms with van der Waals surface area (Å²) in [5.74, 6) is -1.56. The molecule has 1 heterocycles. The van der Waals surface area contributed by atoms with Gasteiger partial charge in [0.2, 0.25) is 5.91 Å². The number of aliphatic carboxylic acids is 1. The van der Waals surface area contributed by atoms with Crippen molar-refractivity contribution in [3.63, 3.8) is 0 Å². The molecule has 7 nitrogen and oxygen atoms in total. The van der Waals surface area contributed by atoms with E-state index in [-0.39, 0.29) is 36.9 Å². The van der Waals surface area contributed by atoms with Crippen molar-refractivity contribution in [1.82, 2.24) is 9.88 Å². The van der Waals surface area contributed by atoms with Crippen LogP contribution >= 0.6 is 11.3 Å². The van der Waals surface area contributed by atoms with Gasteiger partial charge in [0.05, 0.1) is 12.8 Å². The molecular weight excluding hydrogens is 330 g/mol. The van der Waals surface area contributed by atoms with Crippen LogP contribution in [0.2, 0.25) is 0 Å². The zero-order chi connectivity index (χ0) is 17.5. The molecule has 2 aromatic rings. The largest absolute Gasteiger partial charge is 0.481 e. The van der Waals surface area contributed by atoms with Crippen molar-refractivity contribution >= 4 is 34.3 Å². The first-order chi connectivity index (χ1) is 11.5. The highest BCUT2D eigenvalue weighted by atomic mass is 32.1. The molecule has 1 aromatic carbocycles. The van der Waals surface area contributed by atoms with Gasteiger partial charge >= 0.3 is 5.97 Å². The third kappa shape index (κ3) is 5.17. The lowest BCUT2D eigenvalue weighted by Gasteiger charge is -2.14. The number of hydrogen-bond acceptors (Lipinski definition) is 5. The third-order valence-electron chi connectivity index (χ3n) is 3.18. The molecule has 0 radical (unpaired) electrons. The maximum Gasteiger partial charge on any atom is 0.305 e. The zero-order valence-electron chi connectivity index (χ0n) is 13.1. The van der Waals surface area contributed by atoms with Crippen LogP contribution in [0.1, 0.15) is 22.5 Å². The SMILES string of the molecule is CN(CCC(=O)O)C(=O)c1csc(NC(=O)Cc2ccccc2)n1. The minimum Gasteiger partial charge on any atom is -0.481 e. The van der Waals surface area contributed by atoms with Crippen LogP contribution in [0.3, 0.4) is 0 Å². The van der Waals surface area contributed by atoms with Crippen LogP contribution in [-0.2, 0) is 16.0 Å². The second-order valence-electron chi connectivity index (χ2n) is 5.12. The molecular formula is C16H17N3O4S. The second kappa shape index (κ2) is 8.21. The summed E-state index contributed by atoms with van der Waals surface area (Å²) in [6, 6.07) is 9.30. The topological polar surface area (TPSA) is 99.6 Å². The number of benzene rings is 1. The fraction of sp³-hybridized carbons (Fsp3) is 0.250. The molecule has 2 amide bonds. The monoisotopic (exact) mass is 347 g/mol. The number of anilines is 1. The third-order valence-corrected chi connectivity index (χ3v) is 3.94. The van der Waals surface area contributed by atoms with Gasteiger partial charge < -0.3 is 15.3 Å². The maximum absolute atomic E-state index is 12.1. The molecule has 0 spiro atoms. The molecule has 2 N–H and O–H groups in total. The summed E-state index contributed by atoms with van der Waals surface area (Å²) in [4.78, 5) is 40.0. The highest BCUT2D eigenvalue weighted by Crippen LogP contribution is 2.17. The summed E-state index contributed by atoms with van der Waals surface area (Å²) in [7, 11) is 1.51. The van der Waals surface area contributed by atoms with Crippen LogP contribution in [0, 0.1) is 0 Å². The van der Waals surface area contributed by atoms with Gasteiger partial charge in [-0.2, -0.15) is 0 Å². The number of nitrogens with zero attached hydrogens (tertiary/aromatic N) is 2. The van der Waals surface area contributed by atoms with Gasteiger partial charge in [0.1, 0.15) is 5.69 Å². The van der Waals surface area contributed by atoms with Crippen molar-refractivity contribution in [3.05, 3.63) is 47.0 Å². The minimum atomic E-state index is -0.971. The van der Waals surface area contributed by atoms with Crippen LogP contribution in [0.25, 0.3) is 0 Å². The molecule has 126 valence electrons. The van der Waals surface area contributed by atoms with Crippen molar-refractivity contribution in [2.75, 3.05) is 18.9 Å². The number of hydrogen-bond donors (Lipinski definition) is 2. The molecule has 0 unspecified atom stereocenters. The molecule has 0 saturated carbocycles. The smallest absolute Gasteiger partial charge is 0.305 e. The number of carbonyl (C=O) groups is 3. The molecule has 0 saturated heterocycles. The normalized spacial score (nSPS) is 10.2. The van der Waals surface area contributed by atoms with Crippen molar-refractivity contribution < 1.29 is 19.5 Å². The van der Waals surface area contributed by atoms with Gasteiger partial charge in [-0.25, -0.2) is 4.98 Å². The van der Waals surface area contributed by atoms with Crippen LogP contribution in [0.15, 0.2) is 35.7 Å². The number of thiazole rings is 1. The average molecular weight is 347 g/mol. The van der Waals surface area contributed by atoms with Gasteiger partial charge in [-0.3, -0.25) is 14.4 Å². The fourth-order valence-corrected chi connectivity index (χ4v) is 2.64. The fourth-order valence-electron chi connectivity index (χ4n) is 1.93. The van der Waals surface area contributed by atoms with Crippen molar-refractivity contribution in [3.8, 4) is 0 Å². The summed E-state index contributed by atoms with van der Waals surface area (Å²) in [6.45, 7) is 0.0986. The van der Waals surface area contributed by atoms with E-state index in [0.717, 1.165) is 16.9 Å². The van der Waals surface area contributed by atoms with Crippen LogP contribution in [0.5, 0.6) is 0 Å². The quantitative estimate of drug-likeness (QED) is 0.796. The molecule has 0 aliphatic rings. The highest BCUT2D eigenvalue weighted by molar-refractivity contribution is 7.14. The van der Waals surface area contributed by atoms with E-state index < -0.39 is 5.97 Å². The van der Waals surface area contributed by atoms with E-state index in [1.54, 1.807) is 0 Å². The van der Waals surface area contributed by atoms with Gasteiger partial charge in [0, 0.05) is 19.0 Å². The van der Waals surface area contributed by atoms with Crippen molar-refractivity contribution in [2.45, 2.75) is 12.8 Å². The lowest BCUT2D eigenvalue weighted by atomic mass is 10.1. The molecule has 0 aliphatic carbocycles. The molecule has 8 heteroatoms. The average Bonchev–Trinajstić information content (AvgIpc) is 3.01. The van der Waals surface area contributed by atoms with E-state index in [9.17, 15) is 14.4 Å². The second-order valence-corrected chi connectivity index (χ2v) is 5.98. The number of nitrogens with one attached hydrogen (secondary N) is 1. The molecule has 24 heavy (non-hydrogen) atoms. The lowest BCUT2D eigenvalue weighted by molar-refractivity contribution is -0.137. The predicted molar refractivity (Wildman–Crippen MR) is 90.1 cm³/mol. The van der Waals surface area contributed by atoms with E-state index in [1.807, 2.05) is 30.3 Å². The first kappa shape index (κ1) is 17.6. The number of carboxylic acids is 1. The number of carboxylic acid groups (broad SMARTS) is 1. The molecule has 0 aliphatic heterocycles. The predicted octanol–water partition coefficient (Wildman–Crippen LogP) is 1.87. The first-order valence-corrected chi connectivity index (χ1v) is 8.10. The van der Waals surface area contributed by atoms with Gasteiger partial charge in [-0.15, -0.1) is 11.3 Å². The summed E-state index contributed by atoms with van der Waals surface area (Å²) in [5.41, 5.74) is 1.07. The summed E-state index contributed by atoms with van der Waals surface area (Å²) < 4.78 is 0. The molecule has 1 aromatic heterocycles. The Labute approximate surface area is 142 Å². The number of rotatable bonds is 7. The number of carbonyl (C=O) groups excluding carboxylic acids is 2. The maximum atomic E-state index is 12.1. The molecule has 2 rings (SSSR count). The van der Waals surface area contributed by atoms with E-state index in [2.05, 4.69) is 10.3 Å². The van der Waals surface area contributed by atoms with E-state index in [1.165, 1.54) is 17.3 Å². The van der Waals surface area contributed by atoms with Crippen molar-refractivity contribution in [2.24, 2.45) is 0 Å². The minimum absolute atomic E-state index is 0.0986. The van der Waals surface area contributed by atoms with Crippen molar-refractivity contribution in [1.29, 1.82) is 0 Å². The molecule has 0 fully saturated rings. The Bertz CT molecular complexity index is 730. The van der Waals surface area contributed by atoms with Gasteiger partial charge in [0.15, 0.2) is 5.13 Å². The molecule has 0 atom stereocenters. The Morgan fingerprint density at radius 1 is 1.25 bits per heavy atom. The molecule has 0 bridgehead atoms. The lowest BCUT2D eigenvalue weighted by Crippen LogP contribution is -2.29. The number of amides is 2. The van der Waals surface area contributed by atoms with Crippen LogP contribution in [0.4, 0.5) is 5.13 Å². The summed E-state index contributed by atoms with van der Waals surface area (Å²) in [5, 5.41) is 13.2. The Morgan fingerprint density at radius 3 is 2.62 bits per heavy atom. The summed E-state index contributed by atoms with van der Waals surface area (Å²) >= 11 is 1.15. The zero-order valence-corrected chi connectivity index (χ0v) is 13.9. The van der Waals surface area contributed by atoms with Gasteiger partial charge in [-0.1, -0.05) is 30.3 Å². The Morgan fingerprint density at radius 2 is 1.96 bits per heavy atom. The number of aromatic nitrogens is 1. The summed E-state index contributed by atoms with van der Waals surface area (Å²) in [6.07, 6.45) is 0.0925. The Kier molecular flexibility index (Phi) is 6.02. The standard InChI is InChI=1S/C16H17N3O4S/c1-19(8-7-14(21)22)15(23)12-10-24-16(17-12)18-13(20)9-11-5-3-2-4-6-11/h2-6,10H,7-9H2,1H3,(H,21,22)(H,17,18,20). The van der Waals surface area contributed by atoms with E-state index in [0.29, 0.717) is 5.13 Å². The van der Waals surface area contributed by atoms with Crippen LogP contribution in [-0.4, -0.2) is 46.4 Å². The highest BCUT2D eigenvalue weighted by Gasteiger charge is 2.17. The van der Waals surface area contributed by atoms with Crippen LogP contribution < -0.4 is 5.32 Å². The van der Waals surface area contributed by atoms with Gasteiger partial charge in [0.25, 0.3) is 5.91 Å². The Balaban J connectivity index is 1.91. The van der Waals surface area contributed by atoms with E-state index >= 15 is 0 Å². The van der Waals surface area contributed by atoms with E-state index in [4.69, 9.17) is 5.11 Å². The Hall–Kier alpha value is -2.74. The van der Waals surface area contributed by atoms with Gasteiger partial charge in [-0.05, 0) is 5.56 Å². The first-order valence-electron chi connectivity index (χ1n) is 7.22.